The summed E-state index contributed by atoms with van der Waals surface area (Å²) in [7, 11) is 0. The summed E-state index contributed by atoms with van der Waals surface area (Å²) in [5.74, 6) is -0.437. The van der Waals surface area contributed by atoms with Gasteiger partial charge in [0, 0.05) is 0 Å². The van der Waals surface area contributed by atoms with Crippen LogP contribution < -0.4 is 21.1 Å². The highest BCUT2D eigenvalue weighted by atomic mass is 32.2. The minimum absolute atomic E-state index is 0.0267. The molecule has 2 heterocycles. The van der Waals surface area contributed by atoms with Crippen LogP contribution in [0.5, 0.6) is 5.75 Å². The number of amides is 2. The van der Waals surface area contributed by atoms with Crippen molar-refractivity contribution in [3.8, 4) is 5.75 Å². The second-order valence-electron chi connectivity index (χ2n) is 6.65. The average Bonchev–Trinajstić information content (AvgIpc) is 3.11. The molecular weight excluding hydrogens is 406 g/mol. The van der Waals surface area contributed by atoms with Gasteiger partial charge in [-0.15, -0.1) is 5.10 Å². The molecular formula is C20H19N5O4S. The number of nitrogens with zero attached hydrogens (tertiary/aromatic N) is 3. The molecule has 3 aromatic rings. The number of primary amides is 1. The number of thioether (sulfide) groups is 1. The zero-order valence-corrected chi connectivity index (χ0v) is 16.7. The molecule has 4 rings (SSSR count). The van der Waals surface area contributed by atoms with E-state index in [1.807, 2.05) is 30.3 Å². The molecule has 1 atom stereocenters. The number of aromatic amines is 1. The number of aromatic nitrogens is 3. The summed E-state index contributed by atoms with van der Waals surface area (Å²) in [5.41, 5.74) is 6.56. The zero-order chi connectivity index (χ0) is 21.1. The third-order valence-electron chi connectivity index (χ3n) is 4.62. The predicted octanol–water partition coefficient (Wildman–Crippen LogP) is 0.991. The van der Waals surface area contributed by atoms with E-state index < -0.39 is 12.0 Å². The number of para-hydroxylation sites is 2. The third kappa shape index (κ3) is 4.08. The maximum atomic E-state index is 13.0. The summed E-state index contributed by atoms with van der Waals surface area (Å²) >= 11 is 1.15. The highest BCUT2D eigenvalue weighted by Crippen LogP contribution is 2.33. The molecule has 3 N–H and O–H groups in total. The molecule has 2 aromatic carbocycles. The van der Waals surface area contributed by atoms with E-state index in [0.29, 0.717) is 23.1 Å². The SMILES string of the molecule is NC(=O)C1CN(C(=O)CSc2n[nH]c(=O)n2Cc2ccccc2)c2ccccc2O1. The van der Waals surface area contributed by atoms with Gasteiger partial charge in [0.15, 0.2) is 11.3 Å². The van der Waals surface area contributed by atoms with E-state index in [2.05, 4.69) is 10.2 Å². The van der Waals surface area contributed by atoms with Crippen LogP contribution in [0.2, 0.25) is 0 Å². The van der Waals surface area contributed by atoms with Gasteiger partial charge in [0.25, 0.3) is 5.91 Å². The number of hydrogen-bond acceptors (Lipinski definition) is 6. The summed E-state index contributed by atoms with van der Waals surface area (Å²) in [6.07, 6.45) is -0.921. The highest BCUT2D eigenvalue weighted by molar-refractivity contribution is 7.99. The fraction of sp³-hybridized carbons (Fsp3) is 0.200. The molecule has 0 saturated carbocycles. The number of hydrogen-bond donors (Lipinski definition) is 2. The van der Waals surface area contributed by atoms with Crippen molar-refractivity contribution in [1.82, 2.24) is 14.8 Å². The Hall–Kier alpha value is -3.53. The quantitative estimate of drug-likeness (QED) is 0.568. The minimum atomic E-state index is -0.921. The molecule has 0 spiro atoms. The maximum absolute atomic E-state index is 13.0. The zero-order valence-electron chi connectivity index (χ0n) is 15.9. The van der Waals surface area contributed by atoms with Crippen LogP contribution in [0.1, 0.15) is 5.56 Å². The van der Waals surface area contributed by atoms with Crippen LogP contribution in [-0.4, -0.2) is 45.0 Å². The number of H-pyrrole nitrogens is 1. The summed E-state index contributed by atoms with van der Waals surface area (Å²) < 4.78 is 7.07. The van der Waals surface area contributed by atoms with Crippen molar-refractivity contribution in [2.24, 2.45) is 5.73 Å². The number of ether oxygens (including phenoxy) is 1. The van der Waals surface area contributed by atoms with Crippen LogP contribution in [-0.2, 0) is 16.1 Å². The third-order valence-corrected chi connectivity index (χ3v) is 5.58. The van der Waals surface area contributed by atoms with Gasteiger partial charge >= 0.3 is 5.69 Å². The van der Waals surface area contributed by atoms with Crippen LogP contribution in [0.15, 0.2) is 64.5 Å². The smallest absolute Gasteiger partial charge is 0.344 e. The molecule has 0 fully saturated rings. The maximum Gasteiger partial charge on any atom is 0.344 e. The van der Waals surface area contributed by atoms with E-state index in [4.69, 9.17) is 10.5 Å². The minimum Gasteiger partial charge on any atom is -0.477 e. The molecule has 1 aromatic heterocycles. The van der Waals surface area contributed by atoms with E-state index in [0.717, 1.165) is 17.3 Å². The van der Waals surface area contributed by atoms with E-state index in [9.17, 15) is 14.4 Å². The first kappa shape index (κ1) is 19.8. The first-order valence-corrected chi connectivity index (χ1v) is 10.2. The number of carbonyl (C=O) groups is 2. The lowest BCUT2D eigenvalue weighted by atomic mass is 10.2. The van der Waals surface area contributed by atoms with Gasteiger partial charge in [-0.3, -0.25) is 14.2 Å². The van der Waals surface area contributed by atoms with E-state index in [-0.39, 0.29) is 23.9 Å². The van der Waals surface area contributed by atoms with Crippen LogP contribution in [0, 0.1) is 0 Å². The van der Waals surface area contributed by atoms with Crippen LogP contribution in [0.25, 0.3) is 0 Å². The molecule has 154 valence electrons. The molecule has 0 radical (unpaired) electrons. The van der Waals surface area contributed by atoms with Gasteiger partial charge in [-0.2, -0.15) is 0 Å². The molecule has 1 unspecified atom stereocenters. The molecule has 1 aliphatic rings. The molecule has 1 aliphatic heterocycles. The molecule has 0 saturated heterocycles. The predicted molar refractivity (Wildman–Crippen MR) is 112 cm³/mol. The summed E-state index contributed by atoms with van der Waals surface area (Å²) in [5, 5.41) is 6.87. The van der Waals surface area contributed by atoms with Crippen molar-refractivity contribution in [3.05, 3.63) is 70.6 Å². The Morgan fingerprint density at radius 1 is 1.17 bits per heavy atom. The first-order chi connectivity index (χ1) is 14.5. The number of rotatable bonds is 6. The standard InChI is InChI=1S/C20H19N5O4S/c21-18(27)16-11-24(14-8-4-5-9-15(14)29-16)17(26)12-30-20-23-22-19(28)25(20)10-13-6-2-1-3-7-13/h1-9,16H,10-12H2,(H2,21,27)(H,22,28). The second kappa shape index (κ2) is 8.46. The van der Waals surface area contributed by atoms with Crippen molar-refractivity contribution >= 4 is 29.3 Å². The Kier molecular flexibility index (Phi) is 5.57. The summed E-state index contributed by atoms with van der Waals surface area (Å²) in [6.45, 7) is 0.375. The topological polar surface area (TPSA) is 123 Å². The molecule has 0 bridgehead atoms. The van der Waals surface area contributed by atoms with Gasteiger partial charge in [-0.1, -0.05) is 54.2 Å². The second-order valence-corrected chi connectivity index (χ2v) is 7.60. The van der Waals surface area contributed by atoms with Gasteiger partial charge in [-0.25, -0.2) is 9.89 Å². The van der Waals surface area contributed by atoms with Gasteiger partial charge in [0.1, 0.15) is 5.75 Å². The van der Waals surface area contributed by atoms with Crippen LogP contribution in [0.3, 0.4) is 0 Å². The van der Waals surface area contributed by atoms with E-state index >= 15 is 0 Å². The summed E-state index contributed by atoms with van der Waals surface area (Å²) in [4.78, 5) is 38.2. The largest absolute Gasteiger partial charge is 0.477 e. The van der Waals surface area contributed by atoms with E-state index in [1.54, 1.807) is 24.3 Å². The Morgan fingerprint density at radius 3 is 2.67 bits per heavy atom. The van der Waals surface area contributed by atoms with Crippen molar-refractivity contribution in [2.45, 2.75) is 17.8 Å². The monoisotopic (exact) mass is 425 g/mol. The summed E-state index contributed by atoms with van der Waals surface area (Å²) in [6, 6.07) is 16.5. The highest BCUT2D eigenvalue weighted by Gasteiger charge is 2.32. The van der Waals surface area contributed by atoms with Crippen molar-refractivity contribution in [2.75, 3.05) is 17.2 Å². The number of nitrogens with two attached hydrogens (primary N) is 1. The Labute approximate surface area is 175 Å². The van der Waals surface area contributed by atoms with Gasteiger partial charge in [0.2, 0.25) is 5.91 Å². The molecule has 0 aliphatic carbocycles. The Balaban J connectivity index is 1.50. The van der Waals surface area contributed by atoms with Crippen LogP contribution >= 0.6 is 11.8 Å². The van der Waals surface area contributed by atoms with Gasteiger partial charge in [-0.05, 0) is 17.7 Å². The number of anilines is 1. The number of fused-ring (bicyclic) bond motifs is 1. The molecule has 2 amide bonds. The average molecular weight is 425 g/mol. The lowest BCUT2D eigenvalue weighted by molar-refractivity contribution is -0.125. The fourth-order valence-electron chi connectivity index (χ4n) is 3.14. The Bertz CT molecular complexity index is 1130. The number of nitrogens with one attached hydrogen (secondary N) is 1. The molecule has 30 heavy (non-hydrogen) atoms. The number of benzene rings is 2. The van der Waals surface area contributed by atoms with Crippen molar-refractivity contribution in [1.29, 1.82) is 0 Å². The van der Waals surface area contributed by atoms with Crippen molar-refractivity contribution < 1.29 is 14.3 Å². The van der Waals surface area contributed by atoms with Gasteiger partial charge in [0.05, 0.1) is 24.5 Å². The van der Waals surface area contributed by atoms with Crippen LogP contribution in [0.4, 0.5) is 5.69 Å². The van der Waals surface area contributed by atoms with E-state index in [1.165, 1.54) is 9.47 Å². The molecule has 10 heteroatoms. The van der Waals surface area contributed by atoms with Crippen molar-refractivity contribution in [3.63, 3.8) is 0 Å². The molecule has 9 nitrogen and oxygen atoms in total. The Morgan fingerprint density at radius 2 is 1.90 bits per heavy atom. The normalized spacial score (nSPS) is 15.3. The van der Waals surface area contributed by atoms with Gasteiger partial charge < -0.3 is 15.4 Å². The lowest BCUT2D eigenvalue weighted by Gasteiger charge is -2.33. The first-order valence-electron chi connectivity index (χ1n) is 9.20. The lowest BCUT2D eigenvalue weighted by Crippen LogP contribution is -2.49. The number of carbonyl (C=O) groups excluding carboxylic acids is 2. The fourth-order valence-corrected chi connectivity index (χ4v) is 3.96.